The molecule has 2 aromatic heterocycles. The van der Waals surface area contributed by atoms with Crippen molar-refractivity contribution in [3.63, 3.8) is 0 Å². The molecule has 8 nitrogen and oxygen atoms in total. The Labute approximate surface area is 224 Å². The number of aromatic carboxylic acids is 1. The van der Waals surface area contributed by atoms with E-state index in [9.17, 15) is 14.3 Å². The Hall–Kier alpha value is -3.69. The van der Waals surface area contributed by atoms with Gasteiger partial charge in [-0.15, -0.1) is 0 Å². The molecule has 0 aliphatic carbocycles. The Bertz CT molecular complexity index is 1480. The predicted molar refractivity (Wildman–Crippen MR) is 141 cm³/mol. The molecule has 1 fully saturated rings. The molecule has 1 aliphatic heterocycles. The van der Waals surface area contributed by atoms with Gasteiger partial charge < -0.3 is 19.1 Å². The Balaban J connectivity index is 1.22. The van der Waals surface area contributed by atoms with Crippen molar-refractivity contribution in [1.29, 1.82) is 0 Å². The first-order valence-corrected chi connectivity index (χ1v) is 12.7. The number of benzene rings is 2. The highest BCUT2D eigenvalue weighted by Gasteiger charge is 2.24. The number of rotatable bonds is 8. The lowest BCUT2D eigenvalue weighted by atomic mass is 9.93. The summed E-state index contributed by atoms with van der Waals surface area (Å²) in [4.78, 5) is 23.3. The van der Waals surface area contributed by atoms with Crippen LogP contribution in [0.5, 0.6) is 11.6 Å². The summed E-state index contributed by atoms with van der Waals surface area (Å²) in [6, 6.07) is 13.4. The normalized spacial score (nSPS) is 14.6. The summed E-state index contributed by atoms with van der Waals surface area (Å²) in [6.07, 6.45) is 1.86. The van der Waals surface area contributed by atoms with E-state index in [-0.39, 0.29) is 12.2 Å². The van der Waals surface area contributed by atoms with Gasteiger partial charge in [-0.05, 0) is 56.3 Å². The molecule has 0 unspecified atom stereocenters. The van der Waals surface area contributed by atoms with Crippen LogP contribution in [-0.4, -0.2) is 50.7 Å². The first-order valence-electron chi connectivity index (χ1n) is 12.3. The lowest BCUT2D eigenvalue weighted by Crippen LogP contribution is -2.33. The van der Waals surface area contributed by atoms with E-state index in [0.717, 1.165) is 43.0 Å². The van der Waals surface area contributed by atoms with Crippen molar-refractivity contribution in [3.8, 4) is 11.6 Å². The number of fused-ring (bicyclic) bond motifs is 1. The minimum Gasteiger partial charge on any atom is -0.494 e. The summed E-state index contributed by atoms with van der Waals surface area (Å²) in [5.41, 5.74) is 2.94. The number of carboxylic acids is 1. The molecule has 10 heteroatoms. The van der Waals surface area contributed by atoms with Crippen LogP contribution in [0, 0.1) is 5.82 Å². The fraction of sp³-hybridized carbons (Fsp3) is 0.321. The quantitative estimate of drug-likeness (QED) is 0.320. The number of halogens is 2. The third-order valence-electron chi connectivity index (χ3n) is 7.02. The van der Waals surface area contributed by atoms with Gasteiger partial charge in [0.2, 0.25) is 5.88 Å². The number of methoxy groups -OCH3 is 1. The van der Waals surface area contributed by atoms with Gasteiger partial charge in [0, 0.05) is 35.3 Å². The molecule has 1 N–H and O–H groups in total. The minimum atomic E-state index is -1.00. The van der Waals surface area contributed by atoms with Crippen LogP contribution in [0.25, 0.3) is 11.0 Å². The zero-order valence-corrected chi connectivity index (χ0v) is 21.9. The summed E-state index contributed by atoms with van der Waals surface area (Å²) < 4.78 is 27.2. The van der Waals surface area contributed by atoms with Crippen LogP contribution in [0.2, 0.25) is 5.02 Å². The van der Waals surface area contributed by atoms with Crippen LogP contribution in [0.1, 0.15) is 46.2 Å². The van der Waals surface area contributed by atoms with Gasteiger partial charge in [-0.3, -0.25) is 4.90 Å². The van der Waals surface area contributed by atoms with E-state index in [2.05, 4.69) is 9.88 Å². The van der Waals surface area contributed by atoms with E-state index in [1.165, 1.54) is 19.2 Å². The van der Waals surface area contributed by atoms with Crippen LogP contribution in [0.15, 0.2) is 48.5 Å². The molecule has 5 rings (SSSR count). The van der Waals surface area contributed by atoms with E-state index in [1.807, 2.05) is 23.7 Å². The highest BCUT2D eigenvalue weighted by molar-refractivity contribution is 6.30. The topological polar surface area (TPSA) is 89.7 Å². The monoisotopic (exact) mass is 538 g/mol. The highest BCUT2D eigenvalue weighted by atomic mass is 35.5. The zero-order chi connectivity index (χ0) is 26.8. The van der Waals surface area contributed by atoms with Crippen molar-refractivity contribution in [1.82, 2.24) is 19.4 Å². The van der Waals surface area contributed by atoms with Gasteiger partial charge in [-0.1, -0.05) is 23.7 Å². The number of pyridine rings is 1. The number of hydrogen-bond acceptors (Lipinski definition) is 6. The number of ether oxygens (including phenoxy) is 2. The van der Waals surface area contributed by atoms with Crippen molar-refractivity contribution < 1.29 is 23.8 Å². The Morgan fingerprint density at radius 2 is 1.95 bits per heavy atom. The van der Waals surface area contributed by atoms with Gasteiger partial charge in [-0.25, -0.2) is 19.2 Å². The fourth-order valence-electron chi connectivity index (χ4n) is 4.84. The molecule has 2 aromatic carbocycles. The maximum absolute atomic E-state index is 14.1. The van der Waals surface area contributed by atoms with E-state index in [4.69, 9.17) is 26.1 Å². The number of aromatic nitrogens is 3. The fourth-order valence-corrected chi connectivity index (χ4v) is 5.00. The molecule has 0 atom stereocenters. The third kappa shape index (κ3) is 5.44. The largest absolute Gasteiger partial charge is 0.494 e. The number of piperidine rings is 1. The van der Waals surface area contributed by atoms with Crippen LogP contribution in [0.4, 0.5) is 4.39 Å². The van der Waals surface area contributed by atoms with E-state index in [0.29, 0.717) is 40.2 Å². The second kappa shape index (κ2) is 11.0. The zero-order valence-electron chi connectivity index (χ0n) is 21.2. The first kappa shape index (κ1) is 25.9. The molecular weight excluding hydrogens is 511 g/mol. The van der Waals surface area contributed by atoms with Gasteiger partial charge in [0.15, 0.2) is 0 Å². The molecule has 0 saturated carbocycles. The number of hydrogen-bond donors (Lipinski definition) is 1. The lowest BCUT2D eigenvalue weighted by molar-refractivity contribution is 0.0696. The Morgan fingerprint density at radius 1 is 1.16 bits per heavy atom. The molecule has 198 valence electrons. The molecule has 0 amide bonds. The summed E-state index contributed by atoms with van der Waals surface area (Å²) >= 11 is 5.83. The van der Waals surface area contributed by atoms with Gasteiger partial charge in [0.25, 0.3) is 0 Å². The van der Waals surface area contributed by atoms with Crippen molar-refractivity contribution in [2.24, 2.45) is 7.05 Å². The summed E-state index contributed by atoms with van der Waals surface area (Å²) in [7, 11) is 3.41. The first-order chi connectivity index (χ1) is 18.3. The van der Waals surface area contributed by atoms with E-state index >= 15 is 0 Å². The van der Waals surface area contributed by atoms with Crippen molar-refractivity contribution in [3.05, 3.63) is 82.0 Å². The number of carboxylic acid groups (broad SMARTS) is 1. The van der Waals surface area contributed by atoms with E-state index in [1.54, 1.807) is 24.3 Å². The predicted octanol–water partition coefficient (Wildman–Crippen LogP) is 5.43. The molecular formula is C28H28ClFN4O4. The molecule has 0 radical (unpaired) electrons. The number of imidazole rings is 1. The molecule has 3 heterocycles. The van der Waals surface area contributed by atoms with Crippen LogP contribution in [0.3, 0.4) is 0 Å². The Kier molecular flexibility index (Phi) is 7.49. The van der Waals surface area contributed by atoms with Crippen molar-refractivity contribution in [2.75, 3.05) is 20.2 Å². The Morgan fingerprint density at radius 3 is 2.66 bits per heavy atom. The van der Waals surface area contributed by atoms with Crippen LogP contribution in [-0.2, 0) is 20.2 Å². The third-order valence-corrected chi connectivity index (χ3v) is 7.25. The van der Waals surface area contributed by atoms with Gasteiger partial charge >= 0.3 is 5.97 Å². The summed E-state index contributed by atoms with van der Waals surface area (Å²) in [6.45, 7) is 2.46. The SMILES string of the molecule is COc1cc(C(=O)O)cc2c1nc(CN1CCC(c3cccc(OCc4ccc(Cl)cc4F)n3)CC1)n2C. The van der Waals surface area contributed by atoms with Gasteiger partial charge in [-0.2, -0.15) is 0 Å². The smallest absolute Gasteiger partial charge is 0.335 e. The molecule has 1 aliphatic rings. The average Bonchev–Trinajstić information content (AvgIpc) is 3.23. The molecule has 4 aromatic rings. The number of nitrogens with zero attached hydrogens (tertiary/aromatic N) is 4. The molecule has 0 spiro atoms. The second-order valence-electron chi connectivity index (χ2n) is 9.41. The second-order valence-corrected chi connectivity index (χ2v) is 9.85. The number of carbonyl (C=O) groups is 1. The maximum atomic E-state index is 14.1. The van der Waals surface area contributed by atoms with Crippen molar-refractivity contribution >= 4 is 28.6 Å². The maximum Gasteiger partial charge on any atom is 0.335 e. The molecule has 38 heavy (non-hydrogen) atoms. The van der Waals surface area contributed by atoms with Gasteiger partial charge in [0.05, 0.1) is 24.7 Å². The average molecular weight is 539 g/mol. The highest BCUT2D eigenvalue weighted by Crippen LogP contribution is 2.31. The molecule has 1 saturated heterocycles. The van der Waals surface area contributed by atoms with Crippen LogP contribution < -0.4 is 9.47 Å². The lowest BCUT2D eigenvalue weighted by Gasteiger charge is -2.31. The summed E-state index contributed by atoms with van der Waals surface area (Å²) in [5, 5.41) is 9.78. The van der Waals surface area contributed by atoms with Crippen LogP contribution >= 0.6 is 11.6 Å². The number of likely N-dealkylation sites (tertiary alicyclic amines) is 1. The van der Waals surface area contributed by atoms with Crippen molar-refractivity contribution in [2.45, 2.75) is 31.9 Å². The molecule has 0 bridgehead atoms. The standard InChI is InChI=1S/C28H28ClFN4O4/c1-33-23-12-19(28(35)36)13-24(37-2)27(23)32-25(33)15-34-10-8-17(9-11-34)22-4-3-5-26(31-22)38-16-18-6-7-20(29)14-21(18)30/h3-7,12-14,17H,8-11,15-16H2,1-2H3,(H,35,36). The summed E-state index contributed by atoms with van der Waals surface area (Å²) in [5.74, 6) is 0.654. The number of aryl methyl sites for hydroxylation is 1. The van der Waals surface area contributed by atoms with Gasteiger partial charge in [0.1, 0.15) is 29.5 Å². The minimum absolute atomic E-state index is 0.0780. The van der Waals surface area contributed by atoms with E-state index < -0.39 is 11.8 Å².